The predicted molar refractivity (Wildman–Crippen MR) is 117 cm³/mol. The first-order chi connectivity index (χ1) is 14.0. The summed E-state index contributed by atoms with van der Waals surface area (Å²) in [6.07, 6.45) is 1.47. The lowest BCUT2D eigenvalue weighted by molar-refractivity contribution is -0.130. The average Bonchev–Trinajstić information content (AvgIpc) is 3.21. The van der Waals surface area contributed by atoms with E-state index in [1.165, 1.54) is 0 Å². The van der Waals surface area contributed by atoms with E-state index in [4.69, 9.17) is 4.74 Å². The summed E-state index contributed by atoms with van der Waals surface area (Å²) in [5, 5.41) is 6.11. The minimum atomic E-state index is -0.668. The summed E-state index contributed by atoms with van der Waals surface area (Å²) in [7, 11) is 0. The summed E-state index contributed by atoms with van der Waals surface area (Å²) >= 11 is 1.95. The van der Waals surface area contributed by atoms with Gasteiger partial charge in [0.2, 0.25) is 11.8 Å². The molecule has 0 bridgehead atoms. The van der Waals surface area contributed by atoms with Crippen LogP contribution in [0.2, 0.25) is 0 Å². The maximum Gasteiger partial charge on any atom is 0.247 e. The second-order valence-electron chi connectivity index (χ2n) is 8.35. The zero-order valence-corrected chi connectivity index (χ0v) is 18.3. The SMILES string of the molecule is CC(C)CC(=O)NC(C(=O)NCC1(N2CCOCC2)CCSC1)c1ccccc1. The number of carbonyl (C=O) groups excluding carboxylic acids is 2. The van der Waals surface area contributed by atoms with E-state index in [1.807, 2.05) is 55.9 Å². The molecule has 2 fully saturated rings. The maximum atomic E-state index is 13.2. The Morgan fingerprint density at radius 1 is 1.21 bits per heavy atom. The zero-order chi connectivity index (χ0) is 20.7. The minimum absolute atomic E-state index is 0.0205. The summed E-state index contributed by atoms with van der Waals surface area (Å²) in [5.74, 6) is 2.14. The van der Waals surface area contributed by atoms with Crippen LogP contribution in [0.5, 0.6) is 0 Å². The smallest absolute Gasteiger partial charge is 0.247 e. The molecule has 2 unspecified atom stereocenters. The van der Waals surface area contributed by atoms with Crippen molar-refractivity contribution in [3.05, 3.63) is 35.9 Å². The molecule has 2 heterocycles. The largest absolute Gasteiger partial charge is 0.379 e. The van der Waals surface area contributed by atoms with Crippen molar-refractivity contribution < 1.29 is 14.3 Å². The van der Waals surface area contributed by atoms with E-state index < -0.39 is 6.04 Å². The molecule has 160 valence electrons. The number of benzene rings is 1. The van der Waals surface area contributed by atoms with Gasteiger partial charge in [-0.2, -0.15) is 11.8 Å². The first-order valence-corrected chi connectivity index (χ1v) is 11.7. The Kier molecular flexibility index (Phi) is 7.98. The van der Waals surface area contributed by atoms with Crippen LogP contribution in [0.1, 0.15) is 38.3 Å². The van der Waals surface area contributed by atoms with Gasteiger partial charge in [-0.1, -0.05) is 44.2 Å². The number of hydrogen-bond acceptors (Lipinski definition) is 5. The zero-order valence-electron chi connectivity index (χ0n) is 17.5. The predicted octanol–water partition coefficient (Wildman–Crippen LogP) is 2.21. The third kappa shape index (κ3) is 5.96. The number of carbonyl (C=O) groups is 2. The molecule has 1 aromatic rings. The van der Waals surface area contributed by atoms with Crippen molar-refractivity contribution in [1.82, 2.24) is 15.5 Å². The van der Waals surface area contributed by atoms with E-state index in [1.54, 1.807) is 0 Å². The van der Waals surface area contributed by atoms with Gasteiger partial charge in [-0.25, -0.2) is 0 Å². The van der Waals surface area contributed by atoms with Gasteiger partial charge in [0.25, 0.3) is 0 Å². The van der Waals surface area contributed by atoms with Crippen LogP contribution in [0.25, 0.3) is 0 Å². The monoisotopic (exact) mass is 419 g/mol. The number of thioether (sulfide) groups is 1. The number of rotatable bonds is 8. The maximum absolute atomic E-state index is 13.2. The lowest BCUT2D eigenvalue weighted by atomic mass is 9.95. The Morgan fingerprint density at radius 3 is 2.55 bits per heavy atom. The van der Waals surface area contributed by atoms with Gasteiger partial charge in [-0.15, -0.1) is 0 Å². The molecule has 2 amide bonds. The van der Waals surface area contributed by atoms with Gasteiger partial charge in [0.15, 0.2) is 0 Å². The summed E-state index contributed by atoms with van der Waals surface area (Å²) in [5.41, 5.74) is 0.788. The molecule has 7 heteroatoms. The Balaban J connectivity index is 1.69. The lowest BCUT2D eigenvalue weighted by Crippen LogP contribution is -2.59. The van der Waals surface area contributed by atoms with Crippen LogP contribution in [-0.4, -0.2) is 66.6 Å². The second kappa shape index (κ2) is 10.5. The highest BCUT2D eigenvalue weighted by Crippen LogP contribution is 2.33. The van der Waals surface area contributed by atoms with Crippen LogP contribution < -0.4 is 10.6 Å². The minimum Gasteiger partial charge on any atom is -0.379 e. The van der Waals surface area contributed by atoms with Crippen LogP contribution >= 0.6 is 11.8 Å². The van der Waals surface area contributed by atoms with Crippen LogP contribution in [0.15, 0.2) is 30.3 Å². The molecule has 2 aliphatic heterocycles. The lowest BCUT2D eigenvalue weighted by Gasteiger charge is -2.43. The molecule has 3 rings (SSSR count). The van der Waals surface area contributed by atoms with Crippen molar-refractivity contribution in [2.75, 3.05) is 44.4 Å². The Labute approximate surface area is 178 Å². The molecule has 0 radical (unpaired) electrons. The standard InChI is InChI=1S/C22H33N3O3S/c1-17(2)14-19(26)24-20(18-6-4-3-5-7-18)21(27)23-15-22(8-13-29-16-22)25-9-11-28-12-10-25/h3-7,17,20H,8-16H2,1-2H3,(H,23,27)(H,24,26). The van der Waals surface area contributed by atoms with Crippen molar-refractivity contribution in [1.29, 1.82) is 0 Å². The highest BCUT2D eigenvalue weighted by Gasteiger charge is 2.41. The molecule has 6 nitrogen and oxygen atoms in total. The third-order valence-electron chi connectivity index (χ3n) is 5.65. The van der Waals surface area contributed by atoms with Crippen LogP contribution in [0.3, 0.4) is 0 Å². The van der Waals surface area contributed by atoms with Gasteiger partial charge in [-0.3, -0.25) is 14.5 Å². The van der Waals surface area contributed by atoms with Gasteiger partial charge >= 0.3 is 0 Å². The number of morpholine rings is 1. The molecular formula is C22H33N3O3S. The molecule has 0 spiro atoms. The van der Waals surface area contributed by atoms with E-state index in [0.717, 1.165) is 49.8 Å². The summed E-state index contributed by atoms with van der Waals surface area (Å²) in [6.45, 7) is 7.91. The van der Waals surface area contributed by atoms with Gasteiger partial charge in [-0.05, 0) is 23.7 Å². The van der Waals surface area contributed by atoms with E-state index in [0.29, 0.717) is 13.0 Å². The van der Waals surface area contributed by atoms with E-state index in [9.17, 15) is 9.59 Å². The number of nitrogens with zero attached hydrogens (tertiary/aromatic N) is 1. The van der Waals surface area contributed by atoms with Crippen LogP contribution in [0, 0.1) is 5.92 Å². The summed E-state index contributed by atoms with van der Waals surface area (Å²) < 4.78 is 5.52. The van der Waals surface area contributed by atoms with Gasteiger partial charge in [0.1, 0.15) is 6.04 Å². The fourth-order valence-electron chi connectivity index (χ4n) is 4.02. The highest BCUT2D eigenvalue weighted by atomic mass is 32.2. The molecule has 0 aromatic heterocycles. The fourth-order valence-corrected chi connectivity index (χ4v) is 5.50. The van der Waals surface area contributed by atoms with Gasteiger partial charge in [0.05, 0.1) is 13.2 Å². The molecule has 2 saturated heterocycles. The van der Waals surface area contributed by atoms with Crippen LogP contribution in [0.4, 0.5) is 0 Å². The molecule has 0 saturated carbocycles. The molecule has 0 aliphatic carbocycles. The van der Waals surface area contributed by atoms with Gasteiger partial charge < -0.3 is 15.4 Å². The first kappa shape index (κ1) is 22.1. The number of ether oxygens (including phenoxy) is 1. The quantitative estimate of drug-likeness (QED) is 0.676. The molecule has 1 aromatic carbocycles. The fraction of sp³-hybridized carbons (Fsp3) is 0.636. The van der Waals surface area contributed by atoms with E-state index in [-0.39, 0.29) is 23.3 Å². The highest BCUT2D eigenvalue weighted by molar-refractivity contribution is 7.99. The Morgan fingerprint density at radius 2 is 1.93 bits per heavy atom. The second-order valence-corrected chi connectivity index (χ2v) is 9.46. The van der Waals surface area contributed by atoms with Crippen molar-refractivity contribution in [3.63, 3.8) is 0 Å². The van der Waals surface area contributed by atoms with E-state index in [2.05, 4.69) is 15.5 Å². The third-order valence-corrected chi connectivity index (χ3v) is 6.88. The van der Waals surface area contributed by atoms with Gasteiger partial charge in [0, 0.05) is 37.3 Å². The van der Waals surface area contributed by atoms with Crippen molar-refractivity contribution in [2.24, 2.45) is 5.92 Å². The Bertz CT molecular complexity index is 671. The number of hydrogen-bond donors (Lipinski definition) is 2. The Hall–Kier alpha value is -1.57. The topological polar surface area (TPSA) is 70.7 Å². The van der Waals surface area contributed by atoms with Crippen molar-refractivity contribution >= 4 is 23.6 Å². The molecule has 2 atom stereocenters. The number of amides is 2. The van der Waals surface area contributed by atoms with E-state index >= 15 is 0 Å². The average molecular weight is 420 g/mol. The molecule has 29 heavy (non-hydrogen) atoms. The molecule has 2 aliphatic rings. The summed E-state index contributed by atoms with van der Waals surface area (Å²) in [6, 6.07) is 8.82. The number of nitrogens with one attached hydrogen (secondary N) is 2. The molecule has 2 N–H and O–H groups in total. The molecular weight excluding hydrogens is 386 g/mol. The van der Waals surface area contributed by atoms with Crippen molar-refractivity contribution in [2.45, 2.75) is 38.3 Å². The summed E-state index contributed by atoms with van der Waals surface area (Å²) in [4.78, 5) is 28.0. The first-order valence-electron chi connectivity index (χ1n) is 10.5. The normalized spacial score (nSPS) is 23.7. The van der Waals surface area contributed by atoms with Crippen molar-refractivity contribution in [3.8, 4) is 0 Å². The van der Waals surface area contributed by atoms with Crippen LogP contribution in [-0.2, 0) is 14.3 Å².